The van der Waals surface area contributed by atoms with Crippen LogP contribution in [0.4, 0.5) is 5.95 Å². The third-order valence-corrected chi connectivity index (χ3v) is 3.28. The number of imidazole rings is 1. The molecule has 1 N–H and O–H groups in total. The minimum atomic E-state index is -0.407. The molecule has 0 saturated carbocycles. The molecule has 0 aliphatic carbocycles. The van der Waals surface area contributed by atoms with Gasteiger partial charge < -0.3 is 0 Å². The molecule has 0 saturated heterocycles. The molecule has 20 heavy (non-hydrogen) atoms. The quantitative estimate of drug-likeness (QED) is 0.774. The van der Waals surface area contributed by atoms with Crippen LogP contribution >= 0.6 is 0 Å². The summed E-state index contributed by atoms with van der Waals surface area (Å²) in [6.07, 6.45) is 1.52. The first kappa shape index (κ1) is 12.4. The summed E-state index contributed by atoms with van der Waals surface area (Å²) >= 11 is 0. The number of nitrogens with zero attached hydrogens (tertiary/aromatic N) is 5. The second-order valence-corrected chi connectivity index (χ2v) is 4.70. The van der Waals surface area contributed by atoms with E-state index >= 15 is 0 Å². The largest absolute Gasteiger partial charge is 0.332 e. The molecule has 0 aromatic carbocycles. The fourth-order valence-corrected chi connectivity index (χ4v) is 2.31. The average Bonchev–Trinajstić information content (AvgIpc) is 2.80. The van der Waals surface area contributed by atoms with Crippen LogP contribution in [0.15, 0.2) is 27.3 Å². The lowest BCUT2D eigenvalue weighted by Gasteiger charge is -2.13. The molecule has 0 bridgehead atoms. The minimum absolute atomic E-state index is 0.169. The third kappa shape index (κ3) is 1.54. The van der Waals surface area contributed by atoms with Gasteiger partial charge in [-0.15, -0.1) is 6.58 Å². The fraction of sp³-hybridized carbons (Fsp3) is 0.333. The normalized spacial score (nSPS) is 13.8. The Bertz CT molecular complexity index is 867. The van der Waals surface area contributed by atoms with Crippen LogP contribution < -0.4 is 16.7 Å². The van der Waals surface area contributed by atoms with Gasteiger partial charge in [0.25, 0.3) is 5.56 Å². The maximum absolute atomic E-state index is 12.5. The highest BCUT2D eigenvalue weighted by Gasteiger charge is 2.21. The van der Waals surface area contributed by atoms with Crippen molar-refractivity contribution in [2.75, 3.05) is 5.43 Å². The van der Waals surface area contributed by atoms with Crippen LogP contribution in [0.5, 0.6) is 0 Å². The molecule has 3 heterocycles. The van der Waals surface area contributed by atoms with Gasteiger partial charge in [0, 0.05) is 13.6 Å². The summed E-state index contributed by atoms with van der Waals surface area (Å²) in [6.45, 7) is 6.07. The molecule has 1 aliphatic heterocycles. The first-order chi connectivity index (χ1) is 9.54. The zero-order valence-electron chi connectivity index (χ0n) is 11.3. The number of anilines is 1. The SMILES string of the molecule is C=CCn1c(=O)c2c(nc3n2CC(C)=NN3)n(C)c1=O. The van der Waals surface area contributed by atoms with E-state index in [4.69, 9.17) is 0 Å². The molecular weight excluding hydrogens is 260 g/mol. The summed E-state index contributed by atoms with van der Waals surface area (Å²) in [5.74, 6) is 0.467. The number of fused-ring (bicyclic) bond motifs is 3. The van der Waals surface area contributed by atoms with Crippen LogP contribution in [-0.2, 0) is 20.1 Å². The van der Waals surface area contributed by atoms with Crippen LogP contribution in [0.3, 0.4) is 0 Å². The van der Waals surface area contributed by atoms with E-state index < -0.39 is 5.69 Å². The molecule has 0 amide bonds. The van der Waals surface area contributed by atoms with Crippen molar-refractivity contribution in [1.29, 1.82) is 0 Å². The Morgan fingerprint density at radius 1 is 1.45 bits per heavy atom. The molecule has 0 spiro atoms. The van der Waals surface area contributed by atoms with E-state index in [1.54, 1.807) is 11.6 Å². The van der Waals surface area contributed by atoms with Crippen LogP contribution in [-0.4, -0.2) is 24.4 Å². The molecule has 3 rings (SSSR count). The molecular formula is C12H14N6O2. The maximum Gasteiger partial charge on any atom is 0.332 e. The van der Waals surface area contributed by atoms with E-state index in [9.17, 15) is 9.59 Å². The van der Waals surface area contributed by atoms with Gasteiger partial charge in [0.1, 0.15) is 0 Å². The van der Waals surface area contributed by atoms with Gasteiger partial charge >= 0.3 is 5.69 Å². The average molecular weight is 274 g/mol. The molecule has 0 fully saturated rings. The first-order valence-electron chi connectivity index (χ1n) is 6.14. The molecule has 8 heteroatoms. The van der Waals surface area contributed by atoms with Crippen molar-refractivity contribution in [3.05, 3.63) is 33.5 Å². The highest BCUT2D eigenvalue weighted by molar-refractivity contribution is 5.87. The lowest BCUT2D eigenvalue weighted by Crippen LogP contribution is -2.39. The number of rotatable bonds is 2. The zero-order valence-corrected chi connectivity index (χ0v) is 11.3. The number of hydrazone groups is 1. The molecule has 2 aromatic heterocycles. The summed E-state index contributed by atoms with van der Waals surface area (Å²) in [4.78, 5) is 28.9. The summed E-state index contributed by atoms with van der Waals surface area (Å²) in [5, 5.41) is 4.08. The van der Waals surface area contributed by atoms with Crippen molar-refractivity contribution in [3.63, 3.8) is 0 Å². The summed E-state index contributed by atoms with van der Waals surface area (Å²) in [7, 11) is 1.59. The van der Waals surface area contributed by atoms with Gasteiger partial charge in [0.2, 0.25) is 5.95 Å². The van der Waals surface area contributed by atoms with Gasteiger partial charge in [-0.25, -0.2) is 10.2 Å². The Kier molecular flexibility index (Phi) is 2.60. The van der Waals surface area contributed by atoms with Crippen LogP contribution in [0.2, 0.25) is 0 Å². The lowest BCUT2D eigenvalue weighted by molar-refractivity contribution is 0.664. The second kappa shape index (κ2) is 4.19. The monoisotopic (exact) mass is 274 g/mol. The van der Waals surface area contributed by atoms with Crippen LogP contribution in [0.1, 0.15) is 6.92 Å². The summed E-state index contributed by atoms with van der Waals surface area (Å²) < 4.78 is 4.24. The van der Waals surface area contributed by atoms with Gasteiger partial charge in [0.15, 0.2) is 11.2 Å². The highest BCUT2D eigenvalue weighted by Crippen LogP contribution is 2.18. The molecule has 104 valence electrons. The van der Waals surface area contributed by atoms with Crippen molar-refractivity contribution in [2.24, 2.45) is 12.1 Å². The highest BCUT2D eigenvalue weighted by atomic mass is 16.2. The Morgan fingerprint density at radius 2 is 2.20 bits per heavy atom. The van der Waals surface area contributed by atoms with Crippen LogP contribution in [0.25, 0.3) is 11.2 Å². The Hall–Kier alpha value is -2.64. The minimum Gasteiger partial charge on any atom is -0.297 e. The van der Waals surface area contributed by atoms with Gasteiger partial charge in [0.05, 0.1) is 12.3 Å². The van der Waals surface area contributed by atoms with Gasteiger partial charge in [-0.05, 0) is 6.92 Å². The Labute approximate surface area is 113 Å². The number of aromatic nitrogens is 4. The standard InChI is InChI=1S/C12H14N6O2/c1-4-5-17-10(19)8-9(16(3)12(17)20)13-11-15-14-7(2)6-18(8)11/h4H,1,5-6H2,2-3H3,(H,13,15). The molecule has 1 aliphatic rings. The van der Waals surface area contributed by atoms with E-state index in [1.165, 1.54) is 10.6 Å². The lowest BCUT2D eigenvalue weighted by atomic mass is 10.4. The Balaban J connectivity index is 2.44. The zero-order chi connectivity index (χ0) is 14.4. The van der Waals surface area contributed by atoms with Gasteiger partial charge in [-0.2, -0.15) is 10.1 Å². The van der Waals surface area contributed by atoms with Crippen molar-refractivity contribution in [1.82, 2.24) is 18.7 Å². The van der Waals surface area contributed by atoms with Crippen molar-refractivity contribution in [2.45, 2.75) is 20.0 Å². The van der Waals surface area contributed by atoms with E-state index in [1.807, 2.05) is 6.92 Å². The number of hydrogen-bond donors (Lipinski definition) is 1. The topological polar surface area (TPSA) is 86.2 Å². The van der Waals surface area contributed by atoms with Gasteiger partial charge in [-0.3, -0.25) is 18.5 Å². The maximum atomic E-state index is 12.5. The van der Waals surface area contributed by atoms with E-state index in [-0.39, 0.29) is 12.1 Å². The third-order valence-electron chi connectivity index (χ3n) is 3.28. The van der Waals surface area contributed by atoms with Crippen LogP contribution in [0, 0.1) is 0 Å². The summed E-state index contributed by atoms with van der Waals surface area (Å²) in [6, 6.07) is 0. The Morgan fingerprint density at radius 3 is 2.90 bits per heavy atom. The van der Waals surface area contributed by atoms with Crippen molar-refractivity contribution < 1.29 is 0 Å². The first-order valence-corrected chi connectivity index (χ1v) is 6.14. The molecule has 0 unspecified atom stereocenters. The van der Waals surface area contributed by atoms with Gasteiger partial charge in [-0.1, -0.05) is 6.08 Å². The number of allylic oxidation sites excluding steroid dienone is 1. The smallest absolute Gasteiger partial charge is 0.297 e. The van der Waals surface area contributed by atoms with Crippen molar-refractivity contribution >= 4 is 22.8 Å². The molecule has 0 radical (unpaired) electrons. The predicted molar refractivity (Wildman–Crippen MR) is 76.2 cm³/mol. The second-order valence-electron chi connectivity index (χ2n) is 4.70. The molecule has 8 nitrogen and oxygen atoms in total. The summed E-state index contributed by atoms with van der Waals surface area (Å²) in [5.41, 5.74) is 3.60. The molecule has 0 atom stereocenters. The predicted octanol–water partition coefficient (Wildman–Crippen LogP) is -0.116. The molecule has 2 aromatic rings. The van der Waals surface area contributed by atoms with E-state index in [0.29, 0.717) is 23.7 Å². The number of hydrogen-bond acceptors (Lipinski definition) is 5. The van der Waals surface area contributed by atoms with Crippen molar-refractivity contribution in [3.8, 4) is 0 Å². The van der Waals surface area contributed by atoms with E-state index in [2.05, 4.69) is 22.1 Å². The number of aryl methyl sites for hydroxylation is 1. The number of nitrogens with one attached hydrogen (secondary N) is 1. The fourth-order valence-electron chi connectivity index (χ4n) is 2.31. The van der Waals surface area contributed by atoms with E-state index in [0.717, 1.165) is 10.3 Å².